The van der Waals surface area contributed by atoms with Gasteiger partial charge in [-0.1, -0.05) is 0 Å². The molecule has 7 nitrogen and oxygen atoms in total. The minimum Gasteiger partial charge on any atom is -0.479 e. The van der Waals surface area contributed by atoms with Gasteiger partial charge in [0, 0.05) is 20.4 Å². The fourth-order valence-electron chi connectivity index (χ4n) is 1.83. The Bertz CT molecular complexity index is 562. The van der Waals surface area contributed by atoms with Crippen LogP contribution >= 0.6 is 0 Å². The van der Waals surface area contributed by atoms with E-state index >= 15 is 0 Å². The lowest BCUT2D eigenvalue weighted by molar-refractivity contribution is 0.0737. The molecule has 2 rings (SSSR count). The van der Waals surface area contributed by atoms with Gasteiger partial charge in [-0.25, -0.2) is 0 Å². The minimum absolute atomic E-state index is 0.274. The highest BCUT2D eigenvalue weighted by atomic mass is 16.5. The van der Waals surface area contributed by atoms with Gasteiger partial charge in [-0.05, 0) is 12.1 Å². The van der Waals surface area contributed by atoms with Crippen LogP contribution in [0.4, 0.5) is 0 Å². The lowest BCUT2D eigenvalue weighted by Gasteiger charge is -2.13. The van der Waals surface area contributed by atoms with Crippen molar-refractivity contribution in [2.45, 2.75) is 6.10 Å². The van der Waals surface area contributed by atoms with Gasteiger partial charge in [0.25, 0.3) is 5.91 Å². The topological polar surface area (TPSA) is 78.5 Å². The molecule has 1 amide bonds. The molecule has 7 heteroatoms. The van der Waals surface area contributed by atoms with E-state index in [1.807, 2.05) is 0 Å². The molecular formula is C13H17N3O4. The zero-order valence-electron chi connectivity index (χ0n) is 11.6. The molecule has 0 aliphatic heterocycles. The van der Waals surface area contributed by atoms with Crippen LogP contribution in [0, 0.1) is 0 Å². The number of carbonyl (C=O) groups excluding carboxylic acids is 1. The van der Waals surface area contributed by atoms with Crippen LogP contribution in [0.1, 0.15) is 22.2 Å². The first-order valence-electron chi connectivity index (χ1n) is 6.07. The predicted molar refractivity (Wildman–Crippen MR) is 70.6 cm³/mol. The summed E-state index contributed by atoms with van der Waals surface area (Å²) < 4.78 is 17.1. The molecule has 0 aromatic carbocycles. The van der Waals surface area contributed by atoms with Crippen molar-refractivity contribution in [2.24, 2.45) is 7.05 Å². The number of furan rings is 1. The van der Waals surface area contributed by atoms with Crippen molar-refractivity contribution in [2.75, 3.05) is 20.8 Å². The Balaban J connectivity index is 2.01. The van der Waals surface area contributed by atoms with Gasteiger partial charge in [0.2, 0.25) is 5.88 Å². The molecule has 1 N–H and O–H groups in total. The summed E-state index contributed by atoms with van der Waals surface area (Å²) in [5, 5.41) is 6.80. The Morgan fingerprint density at radius 1 is 1.55 bits per heavy atom. The average molecular weight is 279 g/mol. The summed E-state index contributed by atoms with van der Waals surface area (Å²) in [5.41, 5.74) is 0.379. The third-order valence-corrected chi connectivity index (χ3v) is 2.83. The summed E-state index contributed by atoms with van der Waals surface area (Å²) in [6, 6.07) is 3.57. The molecule has 0 fully saturated rings. The lowest BCUT2D eigenvalue weighted by Crippen LogP contribution is -2.29. The second-order valence-electron chi connectivity index (χ2n) is 4.18. The summed E-state index contributed by atoms with van der Waals surface area (Å²) in [5.74, 6) is 0.673. The normalized spacial score (nSPS) is 12.2. The predicted octanol–water partition coefficient (Wildman–Crippen LogP) is 1.14. The van der Waals surface area contributed by atoms with Crippen molar-refractivity contribution in [3.8, 4) is 5.88 Å². The minimum atomic E-state index is -0.336. The highest BCUT2D eigenvalue weighted by molar-refractivity contribution is 5.96. The number of carbonyl (C=O) groups is 1. The maximum atomic E-state index is 12.1. The Hall–Kier alpha value is -2.28. The van der Waals surface area contributed by atoms with Crippen molar-refractivity contribution in [3.63, 3.8) is 0 Å². The largest absolute Gasteiger partial charge is 0.479 e. The number of aryl methyl sites for hydroxylation is 1. The smallest absolute Gasteiger partial charge is 0.258 e. The number of methoxy groups -OCH3 is 2. The van der Waals surface area contributed by atoms with Crippen LogP contribution in [0.5, 0.6) is 5.88 Å². The van der Waals surface area contributed by atoms with Gasteiger partial charge >= 0.3 is 0 Å². The van der Waals surface area contributed by atoms with E-state index in [-0.39, 0.29) is 17.9 Å². The second-order valence-corrected chi connectivity index (χ2v) is 4.18. The molecule has 20 heavy (non-hydrogen) atoms. The molecule has 2 aromatic rings. The van der Waals surface area contributed by atoms with Crippen molar-refractivity contribution in [1.82, 2.24) is 15.1 Å². The number of hydrogen-bond acceptors (Lipinski definition) is 5. The molecule has 2 heterocycles. The van der Waals surface area contributed by atoms with E-state index in [0.29, 0.717) is 17.9 Å². The van der Waals surface area contributed by atoms with Crippen LogP contribution in [-0.4, -0.2) is 36.5 Å². The number of nitrogens with one attached hydrogen (secondary N) is 1. The third-order valence-electron chi connectivity index (χ3n) is 2.83. The standard InChI is InChI=1S/C13H17N3O4/c1-16-8-9(13(15-16)19-3)12(17)14-7-11(18-2)10-5-4-6-20-10/h4-6,8,11H,7H2,1-3H3,(H,14,17). The van der Waals surface area contributed by atoms with Crippen molar-refractivity contribution in [3.05, 3.63) is 35.9 Å². The zero-order valence-corrected chi connectivity index (χ0v) is 11.6. The fourth-order valence-corrected chi connectivity index (χ4v) is 1.83. The summed E-state index contributed by atoms with van der Waals surface area (Å²) in [6.07, 6.45) is 2.83. The Morgan fingerprint density at radius 2 is 2.35 bits per heavy atom. The first-order valence-corrected chi connectivity index (χ1v) is 6.07. The third kappa shape index (κ3) is 3.00. The van der Waals surface area contributed by atoms with Crippen LogP contribution in [0.15, 0.2) is 29.0 Å². The summed E-state index contributed by atoms with van der Waals surface area (Å²) >= 11 is 0. The number of amides is 1. The first-order chi connectivity index (χ1) is 9.65. The quantitative estimate of drug-likeness (QED) is 0.857. The van der Waals surface area contributed by atoms with E-state index < -0.39 is 0 Å². The van der Waals surface area contributed by atoms with E-state index in [2.05, 4.69) is 10.4 Å². The van der Waals surface area contributed by atoms with Crippen LogP contribution in [-0.2, 0) is 11.8 Å². The SMILES string of the molecule is COc1nn(C)cc1C(=O)NCC(OC)c1ccco1. The summed E-state index contributed by atoms with van der Waals surface area (Å²) in [6.45, 7) is 0.293. The van der Waals surface area contributed by atoms with Gasteiger partial charge in [-0.15, -0.1) is 5.10 Å². The Morgan fingerprint density at radius 3 is 2.95 bits per heavy atom. The number of nitrogens with zero attached hydrogens (tertiary/aromatic N) is 2. The van der Waals surface area contributed by atoms with Gasteiger partial charge in [-0.2, -0.15) is 0 Å². The highest BCUT2D eigenvalue weighted by Gasteiger charge is 2.19. The van der Waals surface area contributed by atoms with Gasteiger partial charge < -0.3 is 19.2 Å². The molecule has 0 spiro atoms. The maximum Gasteiger partial charge on any atom is 0.258 e. The van der Waals surface area contributed by atoms with Crippen molar-refractivity contribution < 1.29 is 18.7 Å². The van der Waals surface area contributed by atoms with Crippen LogP contribution in [0.25, 0.3) is 0 Å². The van der Waals surface area contributed by atoms with E-state index in [9.17, 15) is 4.79 Å². The molecular weight excluding hydrogens is 262 g/mol. The zero-order chi connectivity index (χ0) is 14.5. The second kappa shape index (κ2) is 6.25. The number of aromatic nitrogens is 2. The average Bonchev–Trinajstić information content (AvgIpc) is 3.08. The summed E-state index contributed by atoms with van der Waals surface area (Å²) in [4.78, 5) is 12.1. The molecule has 1 unspecified atom stereocenters. The maximum absolute atomic E-state index is 12.1. The lowest BCUT2D eigenvalue weighted by atomic mass is 10.2. The number of ether oxygens (including phenoxy) is 2. The van der Waals surface area contributed by atoms with E-state index in [4.69, 9.17) is 13.9 Å². The molecule has 0 saturated heterocycles. The van der Waals surface area contributed by atoms with E-state index in [1.54, 1.807) is 38.8 Å². The molecule has 0 aliphatic carbocycles. The van der Waals surface area contributed by atoms with E-state index in [0.717, 1.165) is 0 Å². The molecule has 0 bridgehead atoms. The molecule has 108 valence electrons. The number of rotatable bonds is 6. The monoisotopic (exact) mass is 279 g/mol. The molecule has 1 atom stereocenters. The van der Waals surface area contributed by atoms with E-state index in [1.165, 1.54) is 11.8 Å². The van der Waals surface area contributed by atoms with Gasteiger partial charge in [0.1, 0.15) is 17.4 Å². The highest BCUT2D eigenvalue weighted by Crippen LogP contribution is 2.17. The van der Waals surface area contributed by atoms with Crippen LogP contribution in [0.2, 0.25) is 0 Å². The van der Waals surface area contributed by atoms with Gasteiger partial charge in [0.15, 0.2) is 0 Å². The Labute approximate surface area is 116 Å². The fraction of sp³-hybridized carbons (Fsp3) is 0.385. The van der Waals surface area contributed by atoms with Crippen LogP contribution < -0.4 is 10.1 Å². The summed E-state index contributed by atoms with van der Waals surface area (Å²) in [7, 11) is 4.75. The number of hydrogen-bond donors (Lipinski definition) is 1. The van der Waals surface area contributed by atoms with Crippen molar-refractivity contribution in [1.29, 1.82) is 0 Å². The van der Waals surface area contributed by atoms with Gasteiger partial charge in [0.05, 0.1) is 19.9 Å². The molecule has 2 aromatic heterocycles. The van der Waals surface area contributed by atoms with Crippen LogP contribution in [0.3, 0.4) is 0 Å². The van der Waals surface area contributed by atoms with Crippen molar-refractivity contribution >= 4 is 5.91 Å². The Kier molecular flexibility index (Phi) is 4.41. The first kappa shape index (κ1) is 14.1. The molecule has 0 saturated carbocycles. The molecule has 0 aliphatic rings. The van der Waals surface area contributed by atoms with Gasteiger partial charge in [-0.3, -0.25) is 9.48 Å². The molecule has 0 radical (unpaired) electrons.